The minimum absolute atomic E-state index is 0.761. The largest absolute Gasteiger partial charge is 0.381 e. The molecule has 0 aliphatic carbocycles. The number of nitrogens with zero attached hydrogens (tertiary/aromatic N) is 1. The molecular formula is C11H22N2O. The Morgan fingerprint density at radius 3 is 3.00 bits per heavy atom. The summed E-state index contributed by atoms with van der Waals surface area (Å²) in [5.74, 6) is 0.773. The van der Waals surface area contributed by atoms with Crippen LogP contribution in [0.5, 0.6) is 0 Å². The van der Waals surface area contributed by atoms with Crippen molar-refractivity contribution >= 4 is 0 Å². The Labute approximate surface area is 86.8 Å². The van der Waals surface area contributed by atoms with Crippen molar-refractivity contribution in [3.05, 3.63) is 0 Å². The smallest absolute Gasteiger partial charge is 0.0506 e. The molecule has 3 nitrogen and oxygen atoms in total. The molecule has 2 aliphatic rings. The lowest BCUT2D eigenvalue weighted by Gasteiger charge is -2.30. The van der Waals surface area contributed by atoms with E-state index in [1.165, 1.54) is 38.9 Å². The van der Waals surface area contributed by atoms with Crippen molar-refractivity contribution in [2.75, 3.05) is 39.9 Å². The Bertz CT molecular complexity index is 163. The first kappa shape index (κ1) is 10.4. The van der Waals surface area contributed by atoms with Crippen LogP contribution in [0.15, 0.2) is 0 Å². The molecule has 82 valence electrons. The highest BCUT2D eigenvalue weighted by Crippen LogP contribution is 2.16. The van der Waals surface area contributed by atoms with Gasteiger partial charge in [0.1, 0.15) is 0 Å². The van der Waals surface area contributed by atoms with Crippen molar-refractivity contribution in [2.24, 2.45) is 5.92 Å². The van der Waals surface area contributed by atoms with Crippen LogP contribution in [0.25, 0.3) is 0 Å². The van der Waals surface area contributed by atoms with Gasteiger partial charge in [-0.15, -0.1) is 0 Å². The van der Waals surface area contributed by atoms with Crippen LogP contribution in [-0.2, 0) is 4.74 Å². The van der Waals surface area contributed by atoms with Gasteiger partial charge in [0.2, 0.25) is 0 Å². The van der Waals surface area contributed by atoms with Crippen LogP contribution < -0.4 is 5.32 Å². The van der Waals surface area contributed by atoms with Crippen LogP contribution in [0.4, 0.5) is 0 Å². The van der Waals surface area contributed by atoms with Crippen molar-refractivity contribution in [2.45, 2.75) is 25.3 Å². The van der Waals surface area contributed by atoms with Gasteiger partial charge < -0.3 is 15.0 Å². The first-order valence-corrected chi connectivity index (χ1v) is 5.85. The minimum atomic E-state index is 0.761. The van der Waals surface area contributed by atoms with Gasteiger partial charge in [-0.1, -0.05) is 0 Å². The molecule has 2 aliphatic heterocycles. The fourth-order valence-electron chi connectivity index (χ4n) is 2.52. The summed E-state index contributed by atoms with van der Waals surface area (Å²) in [5.41, 5.74) is 0. The van der Waals surface area contributed by atoms with Crippen LogP contribution in [0.2, 0.25) is 0 Å². The molecule has 2 atom stereocenters. The van der Waals surface area contributed by atoms with E-state index in [9.17, 15) is 0 Å². The normalized spacial score (nSPS) is 33.9. The molecule has 0 radical (unpaired) electrons. The van der Waals surface area contributed by atoms with E-state index in [1.807, 2.05) is 0 Å². The summed E-state index contributed by atoms with van der Waals surface area (Å²) < 4.78 is 5.50. The molecule has 2 heterocycles. The average Bonchev–Trinajstić information content (AvgIpc) is 2.72. The second-order valence-corrected chi connectivity index (χ2v) is 4.67. The van der Waals surface area contributed by atoms with Gasteiger partial charge in [-0.2, -0.15) is 0 Å². The van der Waals surface area contributed by atoms with Crippen molar-refractivity contribution in [3.63, 3.8) is 0 Å². The zero-order valence-corrected chi connectivity index (χ0v) is 9.17. The molecule has 0 aromatic carbocycles. The van der Waals surface area contributed by atoms with Gasteiger partial charge in [0, 0.05) is 25.7 Å². The Morgan fingerprint density at radius 1 is 1.43 bits per heavy atom. The number of hydrogen-bond donors (Lipinski definition) is 1. The molecule has 2 fully saturated rings. The molecule has 14 heavy (non-hydrogen) atoms. The third kappa shape index (κ3) is 2.69. The molecule has 1 N–H and O–H groups in total. The average molecular weight is 198 g/mol. The third-order valence-corrected chi connectivity index (χ3v) is 3.46. The van der Waals surface area contributed by atoms with Crippen LogP contribution in [0.3, 0.4) is 0 Å². The van der Waals surface area contributed by atoms with E-state index in [-0.39, 0.29) is 0 Å². The first-order valence-electron chi connectivity index (χ1n) is 5.85. The molecule has 2 rings (SSSR count). The Morgan fingerprint density at radius 2 is 2.36 bits per heavy atom. The highest BCUT2D eigenvalue weighted by Gasteiger charge is 2.22. The zero-order valence-electron chi connectivity index (χ0n) is 9.17. The fraction of sp³-hybridized carbons (Fsp3) is 1.00. The van der Waals surface area contributed by atoms with E-state index < -0.39 is 0 Å². The number of hydrogen-bond acceptors (Lipinski definition) is 3. The molecular weight excluding hydrogens is 176 g/mol. The highest BCUT2D eigenvalue weighted by atomic mass is 16.5. The number of ether oxygens (including phenoxy) is 1. The Balaban J connectivity index is 1.72. The summed E-state index contributed by atoms with van der Waals surface area (Å²) >= 11 is 0. The molecule has 2 saturated heterocycles. The van der Waals surface area contributed by atoms with Gasteiger partial charge in [0.05, 0.1) is 6.61 Å². The Hall–Kier alpha value is -0.120. The number of nitrogens with one attached hydrogen (secondary N) is 1. The summed E-state index contributed by atoms with van der Waals surface area (Å²) in [6.45, 7) is 5.53. The Kier molecular flexibility index (Phi) is 3.79. The van der Waals surface area contributed by atoms with Crippen molar-refractivity contribution in [1.29, 1.82) is 0 Å². The SMILES string of the molecule is CN(CC1CCCOC1)C1CCNC1. The predicted molar refractivity (Wildman–Crippen MR) is 57.4 cm³/mol. The maximum Gasteiger partial charge on any atom is 0.0506 e. The first-order chi connectivity index (χ1) is 6.86. The van der Waals surface area contributed by atoms with Crippen molar-refractivity contribution in [3.8, 4) is 0 Å². The molecule has 3 heteroatoms. The zero-order chi connectivity index (χ0) is 9.80. The van der Waals surface area contributed by atoms with Crippen molar-refractivity contribution in [1.82, 2.24) is 10.2 Å². The van der Waals surface area contributed by atoms with Crippen LogP contribution >= 0.6 is 0 Å². The monoisotopic (exact) mass is 198 g/mol. The maximum atomic E-state index is 5.50. The fourth-order valence-corrected chi connectivity index (χ4v) is 2.52. The van der Waals surface area contributed by atoms with E-state index in [1.54, 1.807) is 0 Å². The van der Waals surface area contributed by atoms with E-state index in [2.05, 4.69) is 17.3 Å². The van der Waals surface area contributed by atoms with Gasteiger partial charge in [-0.25, -0.2) is 0 Å². The summed E-state index contributed by atoms with van der Waals surface area (Å²) in [4.78, 5) is 2.51. The van der Waals surface area contributed by atoms with Gasteiger partial charge >= 0.3 is 0 Å². The topological polar surface area (TPSA) is 24.5 Å². The summed E-state index contributed by atoms with van der Waals surface area (Å²) in [6, 6.07) is 0.761. The van der Waals surface area contributed by atoms with E-state index in [4.69, 9.17) is 4.74 Å². The molecule has 0 saturated carbocycles. The predicted octanol–water partition coefficient (Wildman–Crippen LogP) is 0.707. The van der Waals surface area contributed by atoms with Gasteiger partial charge in [0.15, 0.2) is 0 Å². The minimum Gasteiger partial charge on any atom is -0.381 e. The van der Waals surface area contributed by atoms with E-state index in [0.29, 0.717) is 0 Å². The quantitative estimate of drug-likeness (QED) is 0.723. The van der Waals surface area contributed by atoms with Gasteiger partial charge in [0.25, 0.3) is 0 Å². The number of rotatable bonds is 3. The standard InChI is InChI=1S/C11H22N2O/c1-13(11-4-5-12-7-11)8-10-3-2-6-14-9-10/h10-12H,2-9H2,1H3. The molecule has 0 aromatic heterocycles. The second-order valence-electron chi connectivity index (χ2n) is 4.67. The summed E-state index contributed by atoms with van der Waals surface area (Å²) in [6.07, 6.45) is 3.91. The molecule has 0 bridgehead atoms. The molecule has 0 amide bonds. The highest BCUT2D eigenvalue weighted by molar-refractivity contribution is 4.80. The van der Waals surface area contributed by atoms with Crippen LogP contribution in [0.1, 0.15) is 19.3 Å². The van der Waals surface area contributed by atoms with Crippen LogP contribution in [-0.4, -0.2) is 50.8 Å². The number of likely N-dealkylation sites (N-methyl/N-ethyl adjacent to an activating group) is 1. The lowest BCUT2D eigenvalue weighted by Crippen LogP contribution is -2.39. The lowest BCUT2D eigenvalue weighted by atomic mass is 10.0. The lowest BCUT2D eigenvalue weighted by molar-refractivity contribution is 0.0373. The summed E-state index contributed by atoms with van der Waals surface area (Å²) in [5, 5.41) is 3.42. The molecule has 0 aromatic rings. The second kappa shape index (κ2) is 5.10. The van der Waals surface area contributed by atoms with Gasteiger partial charge in [-0.05, 0) is 38.8 Å². The van der Waals surface area contributed by atoms with Crippen LogP contribution in [0, 0.1) is 5.92 Å². The third-order valence-electron chi connectivity index (χ3n) is 3.46. The van der Waals surface area contributed by atoms with Crippen molar-refractivity contribution < 1.29 is 4.74 Å². The molecule has 2 unspecified atom stereocenters. The maximum absolute atomic E-state index is 5.50. The molecule has 0 spiro atoms. The van der Waals surface area contributed by atoms with Gasteiger partial charge in [-0.3, -0.25) is 0 Å². The van der Waals surface area contributed by atoms with E-state index in [0.717, 1.165) is 25.2 Å². The summed E-state index contributed by atoms with van der Waals surface area (Å²) in [7, 11) is 2.26. The van der Waals surface area contributed by atoms with E-state index >= 15 is 0 Å².